The van der Waals surface area contributed by atoms with Gasteiger partial charge in [-0.1, -0.05) is 6.07 Å². The van der Waals surface area contributed by atoms with Crippen molar-refractivity contribution in [2.45, 2.75) is 50.2 Å². The Labute approximate surface area is 184 Å². The van der Waals surface area contributed by atoms with Crippen molar-refractivity contribution in [2.24, 2.45) is 0 Å². The first-order chi connectivity index (χ1) is 14.7. The third-order valence-electron chi connectivity index (χ3n) is 5.56. The average molecular weight is 447 g/mol. The van der Waals surface area contributed by atoms with E-state index in [2.05, 4.69) is 0 Å². The number of sulfonamides is 1. The van der Waals surface area contributed by atoms with Gasteiger partial charge in [-0.05, 0) is 63.1 Å². The second-order valence-corrected chi connectivity index (χ2v) is 9.98. The summed E-state index contributed by atoms with van der Waals surface area (Å²) in [6, 6.07) is 11.7. The molecule has 8 heteroatoms. The Hall–Kier alpha value is -2.58. The van der Waals surface area contributed by atoms with E-state index < -0.39 is 10.0 Å². The molecule has 0 aromatic heterocycles. The Morgan fingerprint density at radius 3 is 2.39 bits per heavy atom. The minimum atomic E-state index is -3.68. The molecule has 1 aliphatic rings. The third-order valence-corrected chi connectivity index (χ3v) is 7.59. The van der Waals surface area contributed by atoms with E-state index in [1.54, 1.807) is 38.3 Å². The van der Waals surface area contributed by atoms with E-state index in [0.717, 1.165) is 18.4 Å². The van der Waals surface area contributed by atoms with Crippen LogP contribution in [0.4, 0.5) is 0 Å². The highest BCUT2D eigenvalue weighted by molar-refractivity contribution is 7.89. The number of hydrogen-bond acceptors (Lipinski definition) is 5. The third kappa shape index (κ3) is 5.02. The van der Waals surface area contributed by atoms with Gasteiger partial charge in [0, 0.05) is 30.3 Å². The summed E-state index contributed by atoms with van der Waals surface area (Å²) in [6.45, 7) is 3.97. The maximum atomic E-state index is 13.4. The van der Waals surface area contributed by atoms with Crippen LogP contribution in [0.2, 0.25) is 0 Å². The van der Waals surface area contributed by atoms with E-state index >= 15 is 0 Å². The van der Waals surface area contributed by atoms with Crippen molar-refractivity contribution >= 4 is 15.9 Å². The molecule has 0 bridgehead atoms. The first kappa shape index (κ1) is 23.1. The molecule has 1 fully saturated rings. The molecular weight excluding hydrogens is 416 g/mol. The van der Waals surface area contributed by atoms with Gasteiger partial charge >= 0.3 is 0 Å². The van der Waals surface area contributed by atoms with Gasteiger partial charge in [0.2, 0.25) is 10.0 Å². The second kappa shape index (κ2) is 9.28. The molecule has 0 N–H and O–H groups in total. The first-order valence-electron chi connectivity index (χ1n) is 10.3. The van der Waals surface area contributed by atoms with Crippen molar-refractivity contribution in [3.8, 4) is 11.5 Å². The van der Waals surface area contributed by atoms with Gasteiger partial charge < -0.3 is 14.4 Å². The van der Waals surface area contributed by atoms with E-state index in [-0.39, 0.29) is 22.9 Å². The van der Waals surface area contributed by atoms with Crippen LogP contribution in [0.3, 0.4) is 0 Å². The monoisotopic (exact) mass is 446 g/mol. The summed E-state index contributed by atoms with van der Waals surface area (Å²) < 4.78 is 37.8. The molecule has 0 aliphatic heterocycles. The summed E-state index contributed by atoms with van der Waals surface area (Å²) in [4.78, 5) is 15.3. The van der Waals surface area contributed by atoms with Gasteiger partial charge in [-0.2, -0.15) is 4.31 Å². The van der Waals surface area contributed by atoms with Gasteiger partial charge in [0.15, 0.2) is 0 Å². The van der Waals surface area contributed by atoms with Crippen molar-refractivity contribution in [3.05, 3.63) is 53.6 Å². The number of benzene rings is 2. The number of carbonyl (C=O) groups excluding carboxylic acids is 1. The van der Waals surface area contributed by atoms with Crippen LogP contribution in [-0.2, 0) is 16.6 Å². The van der Waals surface area contributed by atoms with E-state index in [4.69, 9.17) is 9.47 Å². The van der Waals surface area contributed by atoms with Gasteiger partial charge in [0.05, 0.1) is 25.7 Å². The van der Waals surface area contributed by atoms with Gasteiger partial charge in [0.25, 0.3) is 5.91 Å². The maximum Gasteiger partial charge on any atom is 0.254 e. The minimum absolute atomic E-state index is 0.115. The van der Waals surface area contributed by atoms with Crippen molar-refractivity contribution in [2.75, 3.05) is 21.3 Å². The molecule has 3 rings (SSSR count). The van der Waals surface area contributed by atoms with Crippen LogP contribution in [0.15, 0.2) is 47.4 Å². The quantitative estimate of drug-likeness (QED) is 0.589. The molecule has 168 valence electrons. The molecule has 31 heavy (non-hydrogen) atoms. The SMILES string of the molecule is COc1ccc(OC)c(CN(C(=O)c2cccc(S(=O)(=O)N(C)C(C)C)c2)C2CC2)c1. The van der Waals surface area contributed by atoms with Gasteiger partial charge in [0.1, 0.15) is 11.5 Å². The topological polar surface area (TPSA) is 76.1 Å². The molecule has 0 radical (unpaired) electrons. The van der Waals surface area contributed by atoms with Gasteiger partial charge in [-0.3, -0.25) is 4.79 Å². The lowest BCUT2D eigenvalue weighted by Crippen LogP contribution is -2.34. The fourth-order valence-electron chi connectivity index (χ4n) is 3.34. The fourth-order valence-corrected chi connectivity index (χ4v) is 4.76. The summed E-state index contributed by atoms with van der Waals surface area (Å²) in [5, 5.41) is 0. The van der Waals surface area contributed by atoms with Crippen LogP contribution in [0.25, 0.3) is 0 Å². The zero-order valence-corrected chi connectivity index (χ0v) is 19.5. The lowest BCUT2D eigenvalue weighted by atomic mass is 10.1. The van der Waals surface area contributed by atoms with Crippen molar-refractivity contribution in [1.82, 2.24) is 9.21 Å². The van der Waals surface area contributed by atoms with E-state index in [1.807, 2.05) is 32.0 Å². The van der Waals surface area contributed by atoms with Crippen LogP contribution in [0.1, 0.15) is 42.6 Å². The van der Waals surface area contributed by atoms with Gasteiger partial charge in [-0.15, -0.1) is 0 Å². The lowest BCUT2D eigenvalue weighted by molar-refractivity contribution is 0.0728. The highest BCUT2D eigenvalue weighted by atomic mass is 32.2. The molecule has 1 amide bonds. The Bertz CT molecular complexity index is 1050. The molecule has 0 atom stereocenters. The highest BCUT2D eigenvalue weighted by Gasteiger charge is 2.34. The Morgan fingerprint density at radius 1 is 1.10 bits per heavy atom. The normalized spacial score (nSPS) is 14.0. The standard InChI is InChI=1S/C23H30N2O5S/c1-16(2)24(3)31(27,28)21-8-6-7-17(14-21)23(26)25(19-9-10-19)15-18-13-20(29-4)11-12-22(18)30-5/h6-8,11-14,16,19H,9-10,15H2,1-5H3. The van der Waals surface area contributed by atoms with Crippen LogP contribution in [0.5, 0.6) is 11.5 Å². The van der Waals surface area contributed by atoms with Crippen LogP contribution in [0, 0.1) is 0 Å². The zero-order chi connectivity index (χ0) is 22.8. The van der Waals surface area contributed by atoms with E-state index in [1.165, 1.54) is 16.4 Å². The molecule has 2 aromatic carbocycles. The largest absolute Gasteiger partial charge is 0.497 e. The number of methoxy groups -OCH3 is 2. The zero-order valence-electron chi connectivity index (χ0n) is 18.7. The number of amides is 1. The predicted molar refractivity (Wildman–Crippen MR) is 119 cm³/mol. The summed E-state index contributed by atoms with van der Waals surface area (Å²) in [7, 11) is 1.05. The first-order valence-corrected chi connectivity index (χ1v) is 11.7. The number of hydrogen-bond donors (Lipinski definition) is 0. The number of carbonyl (C=O) groups is 1. The van der Waals surface area contributed by atoms with Crippen LogP contribution in [-0.4, -0.2) is 56.9 Å². The van der Waals surface area contributed by atoms with Crippen molar-refractivity contribution < 1.29 is 22.7 Å². The number of nitrogens with zero attached hydrogens (tertiary/aromatic N) is 2. The molecule has 0 saturated heterocycles. The lowest BCUT2D eigenvalue weighted by Gasteiger charge is -2.25. The number of ether oxygens (including phenoxy) is 2. The fraction of sp³-hybridized carbons (Fsp3) is 0.435. The molecule has 2 aromatic rings. The van der Waals surface area contributed by atoms with Gasteiger partial charge in [-0.25, -0.2) is 8.42 Å². The smallest absolute Gasteiger partial charge is 0.254 e. The van der Waals surface area contributed by atoms with E-state index in [0.29, 0.717) is 23.6 Å². The average Bonchev–Trinajstić information content (AvgIpc) is 3.61. The van der Waals surface area contributed by atoms with E-state index in [9.17, 15) is 13.2 Å². The molecule has 0 heterocycles. The minimum Gasteiger partial charge on any atom is -0.497 e. The summed E-state index contributed by atoms with van der Waals surface area (Å²) in [5.41, 5.74) is 1.19. The molecule has 0 spiro atoms. The second-order valence-electron chi connectivity index (χ2n) is 7.98. The van der Waals surface area contributed by atoms with Crippen molar-refractivity contribution in [1.29, 1.82) is 0 Å². The predicted octanol–water partition coefficient (Wildman–Crippen LogP) is 3.54. The summed E-state index contributed by atoms with van der Waals surface area (Å²) in [6.07, 6.45) is 1.85. The van der Waals surface area contributed by atoms with Crippen LogP contribution < -0.4 is 9.47 Å². The molecular formula is C23H30N2O5S. The van der Waals surface area contributed by atoms with Crippen molar-refractivity contribution in [3.63, 3.8) is 0 Å². The summed E-state index contributed by atoms with van der Waals surface area (Å²) >= 11 is 0. The molecule has 1 aliphatic carbocycles. The molecule has 1 saturated carbocycles. The molecule has 7 nitrogen and oxygen atoms in total. The maximum absolute atomic E-state index is 13.4. The number of rotatable bonds is 9. The highest BCUT2D eigenvalue weighted by Crippen LogP contribution is 2.33. The Morgan fingerprint density at radius 2 is 1.81 bits per heavy atom. The Balaban J connectivity index is 1.92. The van der Waals surface area contributed by atoms with Crippen LogP contribution >= 0.6 is 0 Å². The molecule has 0 unspecified atom stereocenters. The summed E-state index contributed by atoms with van der Waals surface area (Å²) in [5.74, 6) is 1.16. The Kier molecular flexibility index (Phi) is 6.91.